The van der Waals surface area contributed by atoms with Gasteiger partial charge in [0.2, 0.25) is 5.91 Å². The van der Waals surface area contributed by atoms with Crippen LogP contribution in [-0.2, 0) is 9.53 Å². The lowest BCUT2D eigenvalue weighted by molar-refractivity contribution is -0.137. The highest BCUT2D eigenvalue weighted by molar-refractivity contribution is 8.00. The minimum atomic E-state index is -0.0808. The Morgan fingerprint density at radius 1 is 1.37 bits per heavy atom. The van der Waals surface area contributed by atoms with Gasteiger partial charge in [-0.1, -0.05) is 12.8 Å². The highest BCUT2D eigenvalue weighted by atomic mass is 32.2. The zero-order valence-corrected chi connectivity index (χ0v) is 12.9. The van der Waals surface area contributed by atoms with Crippen LogP contribution in [0.2, 0.25) is 0 Å². The van der Waals surface area contributed by atoms with E-state index >= 15 is 0 Å². The van der Waals surface area contributed by atoms with Crippen molar-refractivity contribution in [3.8, 4) is 0 Å². The van der Waals surface area contributed by atoms with Gasteiger partial charge in [0, 0.05) is 24.4 Å². The molecule has 1 unspecified atom stereocenters. The van der Waals surface area contributed by atoms with Gasteiger partial charge in [0.15, 0.2) is 0 Å². The summed E-state index contributed by atoms with van der Waals surface area (Å²) in [6, 6.07) is -0.0808. The van der Waals surface area contributed by atoms with Gasteiger partial charge in [-0.25, -0.2) is 0 Å². The molecule has 0 spiro atoms. The van der Waals surface area contributed by atoms with Gasteiger partial charge in [-0.05, 0) is 26.0 Å². The van der Waals surface area contributed by atoms with Crippen molar-refractivity contribution in [1.29, 1.82) is 0 Å². The molecule has 0 aromatic carbocycles. The number of nitrogens with one attached hydrogen (secondary N) is 1. The lowest BCUT2D eigenvalue weighted by Crippen LogP contribution is -2.51. The highest BCUT2D eigenvalue weighted by Crippen LogP contribution is 2.39. The van der Waals surface area contributed by atoms with E-state index in [0.717, 1.165) is 19.6 Å². The molecule has 1 aliphatic carbocycles. The first kappa shape index (κ1) is 15.1. The Morgan fingerprint density at radius 2 is 2.00 bits per heavy atom. The number of carbonyl (C=O) groups is 1. The number of morpholine rings is 1. The second kappa shape index (κ2) is 6.95. The van der Waals surface area contributed by atoms with Crippen molar-refractivity contribution in [3.05, 3.63) is 0 Å². The summed E-state index contributed by atoms with van der Waals surface area (Å²) < 4.78 is 5.65. The van der Waals surface area contributed by atoms with Crippen molar-refractivity contribution >= 4 is 17.7 Å². The standard InChI is InChI=1S/C14H26N2O2S/c1-12(13(17)16-7-9-18-10-8-16)15-11-14(19-2)5-3-4-6-14/h12,15H,3-11H2,1-2H3. The molecule has 1 amide bonds. The Hall–Kier alpha value is -0.260. The maximum absolute atomic E-state index is 12.3. The van der Waals surface area contributed by atoms with Gasteiger partial charge in [0.1, 0.15) is 0 Å². The average Bonchev–Trinajstić information content (AvgIpc) is 2.94. The quantitative estimate of drug-likeness (QED) is 0.831. The van der Waals surface area contributed by atoms with Crippen LogP contribution >= 0.6 is 11.8 Å². The van der Waals surface area contributed by atoms with E-state index in [2.05, 4.69) is 11.6 Å². The molecular weight excluding hydrogens is 260 g/mol. The largest absolute Gasteiger partial charge is 0.378 e. The molecule has 4 nitrogen and oxygen atoms in total. The van der Waals surface area contributed by atoms with E-state index < -0.39 is 0 Å². The van der Waals surface area contributed by atoms with Crippen LogP contribution in [0.5, 0.6) is 0 Å². The smallest absolute Gasteiger partial charge is 0.239 e. The molecule has 110 valence electrons. The molecule has 1 N–H and O–H groups in total. The third kappa shape index (κ3) is 3.86. The van der Waals surface area contributed by atoms with Crippen molar-refractivity contribution in [2.45, 2.75) is 43.4 Å². The number of thioether (sulfide) groups is 1. The SMILES string of the molecule is CSC1(CNC(C)C(=O)N2CCOCC2)CCCC1. The van der Waals surface area contributed by atoms with Gasteiger partial charge in [-0.2, -0.15) is 11.8 Å². The molecule has 1 saturated carbocycles. The van der Waals surface area contributed by atoms with Crippen LogP contribution in [-0.4, -0.2) is 60.7 Å². The Bertz CT molecular complexity index is 300. The van der Waals surface area contributed by atoms with Crippen LogP contribution in [0, 0.1) is 0 Å². The van der Waals surface area contributed by atoms with E-state index in [1.807, 2.05) is 23.6 Å². The van der Waals surface area contributed by atoms with Crippen LogP contribution in [0.25, 0.3) is 0 Å². The van der Waals surface area contributed by atoms with Crippen LogP contribution in [0.1, 0.15) is 32.6 Å². The summed E-state index contributed by atoms with van der Waals surface area (Å²) in [4.78, 5) is 14.2. The Morgan fingerprint density at radius 3 is 2.58 bits per heavy atom. The van der Waals surface area contributed by atoms with Gasteiger partial charge in [-0.15, -0.1) is 0 Å². The summed E-state index contributed by atoms with van der Waals surface area (Å²) in [5.74, 6) is 0.220. The summed E-state index contributed by atoms with van der Waals surface area (Å²) in [5.41, 5.74) is 0. The summed E-state index contributed by atoms with van der Waals surface area (Å²) in [7, 11) is 0. The third-order valence-corrected chi connectivity index (χ3v) is 5.79. The molecule has 5 heteroatoms. The fourth-order valence-corrected chi connectivity index (χ4v) is 3.88. The van der Waals surface area contributed by atoms with Crippen LogP contribution < -0.4 is 5.32 Å². The molecule has 1 saturated heterocycles. The second-order valence-corrected chi connectivity index (χ2v) is 6.91. The molecular formula is C14H26N2O2S. The zero-order chi connectivity index (χ0) is 13.7. The molecule has 2 aliphatic rings. The molecule has 1 atom stereocenters. The second-order valence-electron chi connectivity index (χ2n) is 5.63. The number of ether oxygens (including phenoxy) is 1. The van der Waals surface area contributed by atoms with E-state index in [4.69, 9.17) is 4.74 Å². The average molecular weight is 286 g/mol. The number of hydrogen-bond donors (Lipinski definition) is 1. The third-order valence-electron chi connectivity index (χ3n) is 4.37. The first-order valence-corrected chi connectivity index (χ1v) is 8.54. The fourth-order valence-electron chi connectivity index (χ4n) is 2.96. The number of hydrogen-bond acceptors (Lipinski definition) is 4. The van der Waals surface area contributed by atoms with E-state index in [1.165, 1.54) is 25.7 Å². The topological polar surface area (TPSA) is 41.6 Å². The van der Waals surface area contributed by atoms with Crippen molar-refractivity contribution < 1.29 is 9.53 Å². The van der Waals surface area contributed by atoms with E-state index in [1.54, 1.807) is 0 Å². The van der Waals surface area contributed by atoms with Crippen LogP contribution in [0.3, 0.4) is 0 Å². The molecule has 0 radical (unpaired) electrons. The Labute approximate surface area is 120 Å². The lowest BCUT2D eigenvalue weighted by Gasteiger charge is -2.32. The molecule has 0 aromatic heterocycles. The van der Waals surface area contributed by atoms with Crippen molar-refractivity contribution in [2.75, 3.05) is 39.1 Å². The van der Waals surface area contributed by atoms with Crippen molar-refractivity contribution in [3.63, 3.8) is 0 Å². The maximum Gasteiger partial charge on any atom is 0.239 e. The first-order chi connectivity index (χ1) is 9.17. The van der Waals surface area contributed by atoms with E-state index in [-0.39, 0.29) is 11.9 Å². The normalized spacial score (nSPS) is 24.4. The summed E-state index contributed by atoms with van der Waals surface area (Å²) in [6.45, 7) is 5.75. The van der Waals surface area contributed by atoms with Crippen LogP contribution in [0.4, 0.5) is 0 Å². The molecule has 1 aliphatic heterocycles. The summed E-state index contributed by atoms with van der Waals surface area (Å²) in [5, 5.41) is 3.46. The number of nitrogens with zero attached hydrogens (tertiary/aromatic N) is 1. The van der Waals surface area contributed by atoms with Crippen molar-refractivity contribution in [2.24, 2.45) is 0 Å². The zero-order valence-electron chi connectivity index (χ0n) is 12.1. The minimum absolute atomic E-state index is 0.0808. The lowest BCUT2D eigenvalue weighted by atomic mass is 10.1. The minimum Gasteiger partial charge on any atom is -0.378 e. The summed E-state index contributed by atoms with van der Waals surface area (Å²) >= 11 is 1.96. The molecule has 0 aromatic rings. The van der Waals surface area contributed by atoms with Gasteiger partial charge >= 0.3 is 0 Å². The molecule has 2 fully saturated rings. The fraction of sp³-hybridized carbons (Fsp3) is 0.929. The molecule has 0 bridgehead atoms. The van der Waals surface area contributed by atoms with E-state index in [0.29, 0.717) is 18.0 Å². The first-order valence-electron chi connectivity index (χ1n) is 7.32. The Kier molecular flexibility index (Phi) is 5.54. The van der Waals surface area contributed by atoms with Gasteiger partial charge in [-0.3, -0.25) is 4.79 Å². The highest BCUT2D eigenvalue weighted by Gasteiger charge is 2.34. The van der Waals surface area contributed by atoms with E-state index in [9.17, 15) is 4.79 Å². The Balaban J connectivity index is 1.79. The number of carbonyl (C=O) groups excluding carboxylic acids is 1. The van der Waals surface area contributed by atoms with Crippen LogP contribution in [0.15, 0.2) is 0 Å². The van der Waals surface area contributed by atoms with Gasteiger partial charge in [0.05, 0.1) is 19.3 Å². The predicted molar refractivity (Wildman–Crippen MR) is 79.6 cm³/mol. The monoisotopic (exact) mass is 286 g/mol. The number of amides is 1. The van der Waals surface area contributed by atoms with Gasteiger partial charge in [0.25, 0.3) is 0 Å². The number of rotatable bonds is 5. The molecule has 19 heavy (non-hydrogen) atoms. The molecule has 1 heterocycles. The van der Waals surface area contributed by atoms with Crippen molar-refractivity contribution in [1.82, 2.24) is 10.2 Å². The predicted octanol–water partition coefficient (Wildman–Crippen LogP) is 1.50. The van der Waals surface area contributed by atoms with Gasteiger partial charge < -0.3 is 15.0 Å². The maximum atomic E-state index is 12.3. The summed E-state index contributed by atoms with van der Waals surface area (Å²) in [6.07, 6.45) is 7.41. The molecule has 2 rings (SSSR count).